The molecule has 0 aliphatic heterocycles. The van der Waals surface area contributed by atoms with Crippen molar-refractivity contribution >= 4 is 33.4 Å². The third-order valence-electron chi connectivity index (χ3n) is 2.45. The summed E-state index contributed by atoms with van der Waals surface area (Å²) in [4.78, 5) is 11.9. The lowest BCUT2D eigenvalue weighted by Crippen LogP contribution is -2.32. The number of carbonyl (C=O) groups excluding carboxylic acids is 1. The monoisotopic (exact) mass is 317 g/mol. The number of hydrogen-bond donors (Lipinski definition) is 1. The average Bonchev–Trinajstić information content (AvgIpc) is 2.25. The van der Waals surface area contributed by atoms with E-state index < -0.39 is 0 Å². The molecule has 1 rings (SSSR count). The Hall–Kier alpha value is -0.540. The Morgan fingerprint density at radius 1 is 1.47 bits per heavy atom. The van der Waals surface area contributed by atoms with Crippen molar-refractivity contribution < 1.29 is 4.79 Å². The third-order valence-corrected chi connectivity index (χ3v) is 3.23. The Bertz CT molecular complexity index is 375. The zero-order chi connectivity index (χ0) is 12.8. The zero-order valence-electron chi connectivity index (χ0n) is 10.1. The number of aryl methyl sites for hydroxylation is 1. The van der Waals surface area contributed by atoms with Crippen LogP contribution in [0.15, 0.2) is 18.2 Å². The second kappa shape index (κ2) is 7.02. The summed E-state index contributed by atoms with van der Waals surface area (Å²) in [5.41, 5.74) is 1.62. The van der Waals surface area contributed by atoms with Gasteiger partial charge in [-0.15, -0.1) is 0 Å². The summed E-state index contributed by atoms with van der Waals surface area (Å²) in [6.45, 7) is 3.94. The highest BCUT2D eigenvalue weighted by Crippen LogP contribution is 2.14. The molecule has 1 atom stereocenters. The molecule has 0 radical (unpaired) electrons. The highest BCUT2D eigenvalue weighted by atomic mass is 79.9. The summed E-state index contributed by atoms with van der Waals surface area (Å²) in [6, 6.07) is 5.56. The van der Waals surface area contributed by atoms with Gasteiger partial charge in [-0.25, -0.2) is 0 Å². The Labute approximate surface area is 116 Å². The van der Waals surface area contributed by atoms with Gasteiger partial charge >= 0.3 is 0 Å². The predicted octanol–water partition coefficient (Wildman–Crippen LogP) is 3.94. The smallest absolute Gasteiger partial charge is 0.251 e. The quantitative estimate of drug-likeness (QED) is 0.819. The van der Waals surface area contributed by atoms with Gasteiger partial charge in [0.1, 0.15) is 0 Å². The first-order valence-corrected chi connectivity index (χ1v) is 7.17. The van der Waals surface area contributed by atoms with Crippen molar-refractivity contribution in [1.82, 2.24) is 5.32 Å². The molecule has 0 spiro atoms. The molecule has 94 valence electrons. The molecule has 17 heavy (non-hydrogen) atoms. The van der Waals surface area contributed by atoms with Crippen LogP contribution in [0.1, 0.15) is 35.7 Å². The normalized spacial score (nSPS) is 12.2. The number of nitrogens with one attached hydrogen (secondary N) is 1. The molecule has 1 N–H and O–H groups in total. The van der Waals surface area contributed by atoms with Crippen LogP contribution in [0, 0.1) is 6.92 Å². The summed E-state index contributed by atoms with van der Waals surface area (Å²) in [6.07, 6.45) is 2.02. The van der Waals surface area contributed by atoms with Crippen LogP contribution in [0.2, 0.25) is 5.02 Å². The predicted molar refractivity (Wildman–Crippen MR) is 76.1 cm³/mol. The minimum Gasteiger partial charge on any atom is -0.350 e. The Morgan fingerprint density at radius 2 is 2.18 bits per heavy atom. The molecule has 0 saturated carbocycles. The van der Waals surface area contributed by atoms with Crippen molar-refractivity contribution in [2.24, 2.45) is 0 Å². The van der Waals surface area contributed by atoms with E-state index in [0.717, 1.165) is 23.7 Å². The van der Waals surface area contributed by atoms with E-state index in [4.69, 9.17) is 11.6 Å². The van der Waals surface area contributed by atoms with Crippen LogP contribution in [0.5, 0.6) is 0 Å². The van der Waals surface area contributed by atoms with E-state index >= 15 is 0 Å². The summed E-state index contributed by atoms with van der Waals surface area (Å²) in [7, 11) is 0. The molecule has 4 heteroatoms. The first-order chi connectivity index (χ1) is 8.02. The van der Waals surface area contributed by atoms with Gasteiger partial charge in [-0.2, -0.15) is 0 Å². The van der Waals surface area contributed by atoms with Crippen molar-refractivity contribution in [3.63, 3.8) is 0 Å². The Balaban J connectivity index is 2.63. The number of halogens is 2. The molecular weight excluding hydrogens is 302 g/mol. The minimum atomic E-state index is -0.0577. The molecule has 0 bridgehead atoms. The van der Waals surface area contributed by atoms with Gasteiger partial charge in [0.05, 0.1) is 0 Å². The van der Waals surface area contributed by atoms with Crippen molar-refractivity contribution in [2.45, 2.75) is 32.7 Å². The first-order valence-electron chi connectivity index (χ1n) is 5.67. The number of hydrogen-bond acceptors (Lipinski definition) is 1. The van der Waals surface area contributed by atoms with E-state index in [0.29, 0.717) is 10.6 Å². The molecule has 1 aromatic rings. The fourth-order valence-corrected chi connectivity index (χ4v) is 2.24. The fraction of sp³-hybridized carbons (Fsp3) is 0.462. The van der Waals surface area contributed by atoms with Gasteiger partial charge in [-0.1, -0.05) is 27.5 Å². The van der Waals surface area contributed by atoms with Crippen LogP contribution in [-0.4, -0.2) is 17.3 Å². The van der Waals surface area contributed by atoms with Gasteiger partial charge in [0.25, 0.3) is 5.91 Å². The summed E-state index contributed by atoms with van der Waals surface area (Å²) < 4.78 is 0. The Kier molecular flexibility index (Phi) is 6.00. The van der Waals surface area contributed by atoms with Crippen LogP contribution in [0.25, 0.3) is 0 Å². The molecule has 2 nitrogen and oxygen atoms in total. The number of amides is 1. The molecular formula is C13H17BrClNO. The van der Waals surface area contributed by atoms with E-state index in [1.807, 2.05) is 26.0 Å². The second-order valence-electron chi connectivity index (χ2n) is 4.22. The van der Waals surface area contributed by atoms with Gasteiger partial charge in [0, 0.05) is 22.0 Å². The van der Waals surface area contributed by atoms with E-state index in [2.05, 4.69) is 21.2 Å². The van der Waals surface area contributed by atoms with Crippen LogP contribution in [0.3, 0.4) is 0 Å². The van der Waals surface area contributed by atoms with Gasteiger partial charge in [0.15, 0.2) is 0 Å². The van der Waals surface area contributed by atoms with Gasteiger partial charge < -0.3 is 5.32 Å². The maximum absolute atomic E-state index is 11.9. The third kappa shape index (κ3) is 5.09. The molecule has 0 aliphatic carbocycles. The highest BCUT2D eigenvalue weighted by Gasteiger charge is 2.10. The first kappa shape index (κ1) is 14.5. The van der Waals surface area contributed by atoms with Crippen LogP contribution in [0.4, 0.5) is 0 Å². The topological polar surface area (TPSA) is 29.1 Å². The molecule has 1 aromatic carbocycles. The average molecular weight is 319 g/mol. The lowest BCUT2D eigenvalue weighted by Gasteiger charge is -2.13. The fourth-order valence-electron chi connectivity index (χ4n) is 1.63. The van der Waals surface area contributed by atoms with E-state index in [-0.39, 0.29) is 11.9 Å². The maximum atomic E-state index is 11.9. The van der Waals surface area contributed by atoms with Crippen LogP contribution < -0.4 is 5.32 Å². The van der Waals surface area contributed by atoms with Gasteiger partial charge in [0.2, 0.25) is 0 Å². The largest absolute Gasteiger partial charge is 0.350 e. The van der Waals surface area contributed by atoms with Gasteiger partial charge in [-0.05, 0) is 50.5 Å². The number of rotatable bonds is 5. The highest BCUT2D eigenvalue weighted by molar-refractivity contribution is 9.09. The lowest BCUT2D eigenvalue weighted by atomic mass is 10.1. The molecule has 1 unspecified atom stereocenters. The van der Waals surface area contributed by atoms with Crippen molar-refractivity contribution in [3.05, 3.63) is 34.3 Å². The van der Waals surface area contributed by atoms with Crippen molar-refractivity contribution in [1.29, 1.82) is 0 Å². The SMILES string of the molecule is Cc1cc(Cl)cc(C(=O)NC(C)CCCBr)c1. The molecule has 0 heterocycles. The molecule has 0 fully saturated rings. The molecule has 0 saturated heterocycles. The maximum Gasteiger partial charge on any atom is 0.251 e. The number of benzene rings is 1. The van der Waals surface area contributed by atoms with Crippen molar-refractivity contribution in [2.75, 3.05) is 5.33 Å². The van der Waals surface area contributed by atoms with Gasteiger partial charge in [-0.3, -0.25) is 4.79 Å². The molecule has 1 amide bonds. The summed E-state index contributed by atoms with van der Waals surface area (Å²) in [5, 5.41) is 4.53. The number of alkyl halides is 1. The van der Waals surface area contributed by atoms with E-state index in [1.54, 1.807) is 6.07 Å². The van der Waals surface area contributed by atoms with E-state index in [9.17, 15) is 4.79 Å². The zero-order valence-corrected chi connectivity index (χ0v) is 12.4. The molecule has 0 aromatic heterocycles. The number of carbonyl (C=O) groups is 1. The lowest BCUT2D eigenvalue weighted by molar-refractivity contribution is 0.0938. The van der Waals surface area contributed by atoms with Crippen molar-refractivity contribution in [3.8, 4) is 0 Å². The van der Waals surface area contributed by atoms with Crippen LogP contribution >= 0.6 is 27.5 Å². The summed E-state index contributed by atoms with van der Waals surface area (Å²) in [5.74, 6) is -0.0577. The van der Waals surface area contributed by atoms with E-state index in [1.165, 1.54) is 0 Å². The minimum absolute atomic E-state index is 0.0577. The summed E-state index contributed by atoms with van der Waals surface area (Å²) >= 11 is 9.31. The Morgan fingerprint density at radius 3 is 2.76 bits per heavy atom. The van der Waals surface area contributed by atoms with Crippen LogP contribution in [-0.2, 0) is 0 Å². The standard InChI is InChI=1S/C13H17BrClNO/c1-9-6-11(8-12(15)7-9)13(17)16-10(2)4-3-5-14/h6-8,10H,3-5H2,1-2H3,(H,16,17). The second-order valence-corrected chi connectivity index (χ2v) is 5.45. The molecule has 0 aliphatic rings.